The van der Waals surface area contributed by atoms with E-state index in [2.05, 4.69) is 0 Å². The fourth-order valence-corrected chi connectivity index (χ4v) is 4.73. The molecule has 0 radical (unpaired) electrons. The molecule has 0 amide bonds. The highest BCUT2D eigenvalue weighted by Crippen LogP contribution is 2.61. The number of carbonyl (C=O) groups is 2. The Morgan fingerprint density at radius 1 is 1.26 bits per heavy atom. The summed E-state index contributed by atoms with van der Waals surface area (Å²) in [7, 11) is -4.08. The Labute approximate surface area is 135 Å². The summed E-state index contributed by atoms with van der Waals surface area (Å²) in [6.07, 6.45) is 4.69. The van der Waals surface area contributed by atoms with Crippen LogP contribution in [0.4, 0.5) is 0 Å². The van der Waals surface area contributed by atoms with Crippen molar-refractivity contribution in [1.29, 1.82) is 0 Å². The molecule has 0 bridgehead atoms. The van der Waals surface area contributed by atoms with Crippen molar-refractivity contribution in [1.82, 2.24) is 0 Å². The molecule has 7 nitrogen and oxygen atoms in total. The molecule has 1 aliphatic carbocycles. The van der Waals surface area contributed by atoms with Gasteiger partial charge in [0.2, 0.25) is 7.37 Å². The van der Waals surface area contributed by atoms with E-state index in [-0.39, 0.29) is 11.7 Å². The summed E-state index contributed by atoms with van der Waals surface area (Å²) in [5.74, 6) is -3.82. The molecule has 0 saturated heterocycles. The second-order valence-corrected chi connectivity index (χ2v) is 7.88. The fourth-order valence-electron chi connectivity index (χ4n) is 2.39. The molecule has 0 aromatic heterocycles. The van der Waals surface area contributed by atoms with Gasteiger partial charge in [0.05, 0.1) is 0 Å². The van der Waals surface area contributed by atoms with Crippen LogP contribution in [0.5, 0.6) is 0 Å². The Bertz CT molecular complexity index is 536. The summed E-state index contributed by atoms with van der Waals surface area (Å²) < 4.78 is 12.4. The first-order valence-corrected chi connectivity index (χ1v) is 9.25. The zero-order valence-electron chi connectivity index (χ0n) is 13.6. The Hall–Kier alpha value is -1.43. The molecule has 3 unspecified atom stereocenters. The zero-order chi connectivity index (χ0) is 18.3. The third kappa shape index (κ3) is 4.53. The van der Waals surface area contributed by atoms with Crippen molar-refractivity contribution in [2.75, 3.05) is 12.8 Å². The summed E-state index contributed by atoms with van der Waals surface area (Å²) >= 11 is 0. The Morgan fingerprint density at radius 3 is 2.13 bits per heavy atom. The lowest BCUT2D eigenvalue weighted by molar-refractivity contribution is -0.140. The van der Waals surface area contributed by atoms with Crippen molar-refractivity contribution >= 4 is 19.3 Å². The van der Waals surface area contributed by atoms with Crippen LogP contribution in [0.2, 0.25) is 0 Å². The highest BCUT2D eigenvalue weighted by atomic mass is 31.2. The fraction of sp³-hybridized carbons (Fsp3) is 0.600. The van der Waals surface area contributed by atoms with E-state index < -0.39 is 30.4 Å². The van der Waals surface area contributed by atoms with Gasteiger partial charge in [0.25, 0.3) is 0 Å². The van der Waals surface area contributed by atoms with Gasteiger partial charge in [-0.3, -0.25) is 9.36 Å². The van der Waals surface area contributed by atoms with Gasteiger partial charge in [-0.25, -0.2) is 4.79 Å². The van der Waals surface area contributed by atoms with E-state index in [1.807, 2.05) is 6.92 Å². The SMILES string of the molecule is CCCO.CCCP(=O)(O)C1(C(=O)O)C=CC=C(C(=O)O)C1C. The van der Waals surface area contributed by atoms with Crippen molar-refractivity contribution in [2.24, 2.45) is 5.92 Å². The molecule has 0 saturated carbocycles. The normalized spacial score (nSPS) is 25.6. The first-order valence-electron chi connectivity index (χ1n) is 7.41. The minimum absolute atomic E-state index is 0.166. The molecular weight excluding hydrogens is 323 g/mol. The van der Waals surface area contributed by atoms with Gasteiger partial charge >= 0.3 is 11.9 Å². The van der Waals surface area contributed by atoms with E-state index in [0.717, 1.165) is 12.5 Å². The second-order valence-electron chi connectivity index (χ2n) is 5.29. The Morgan fingerprint density at radius 2 is 1.78 bits per heavy atom. The van der Waals surface area contributed by atoms with Gasteiger partial charge < -0.3 is 20.2 Å². The number of rotatable bonds is 6. The van der Waals surface area contributed by atoms with Gasteiger partial charge in [0.1, 0.15) is 0 Å². The molecule has 1 rings (SSSR count). The number of aliphatic carboxylic acids is 2. The van der Waals surface area contributed by atoms with Crippen LogP contribution in [0.25, 0.3) is 0 Å². The molecule has 0 fully saturated rings. The van der Waals surface area contributed by atoms with Crippen molar-refractivity contribution in [3.05, 3.63) is 23.8 Å². The van der Waals surface area contributed by atoms with Gasteiger partial charge in [-0.15, -0.1) is 0 Å². The quantitative estimate of drug-likeness (QED) is 0.540. The third-order valence-corrected chi connectivity index (χ3v) is 6.61. The van der Waals surface area contributed by atoms with Crippen LogP contribution in [-0.4, -0.2) is 50.1 Å². The molecule has 3 atom stereocenters. The minimum Gasteiger partial charge on any atom is -0.480 e. The van der Waals surface area contributed by atoms with Gasteiger partial charge in [0.15, 0.2) is 5.16 Å². The number of carboxylic acids is 2. The number of hydrogen-bond acceptors (Lipinski definition) is 4. The van der Waals surface area contributed by atoms with Gasteiger partial charge in [-0.1, -0.05) is 39.0 Å². The van der Waals surface area contributed by atoms with Crippen LogP contribution in [-0.2, 0) is 14.2 Å². The van der Waals surface area contributed by atoms with Crippen molar-refractivity contribution in [3.63, 3.8) is 0 Å². The summed E-state index contributed by atoms with van der Waals surface area (Å²) in [6.45, 7) is 5.28. The number of carboxylic acid groups (broad SMARTS) is 2. The maximum Gasteiger partial charge on any atom is 0.331 e. The third-order valence-electron chi connectivity index (χ3n) is 3.67. The number of aliphatic hydroxyl groups is 1. The van der Waals surface area contributed by atoms with Gasteiger partial charge in [0, 0.05) is 24.3 Å². The van der Waals surface area contributed by atoms with E-state index in [9.17, 15) is 24.2 Å². The largest absolute Gasteiger partial charge is 0.480 e. The molecule has 23 heavy (non-hydrogen) atoms. The lowest BCUT2D eigenvalue weighted by Gasteiger charge is -2.38. The van der Waals surface area contributed by atoms with E-state index in [0.29, 0.717) is 13.0 Å². The molecule has 132 valence electrons. The predicted molar refractivity (Wildman–Crippen MR) is 86.7 cm³/mol. The maximum atomic E-state index is 12.4. The van der Waals surface area contributed by atoms with Crippen LogP contribution in [0.3, 0.4) is 0 Å². The standard InChI is InChI=1S/C12H17O6P.C3H8O/c1-3-7-19(17,18)12(11(15)16)6-4-5-9(8(12)2)10(13)14;1-2-3-4/h4-6,8H,3,7H2,1-2H3,(H,13,14)(H,15,16)(H,17,18);4H,2-3H2,1H3. The summed E-state index contributed by atoms with van der Waals surface area (Å²) in [6, 6.07) is 0. The van der Waals surface area contributed by atoms with Crippen LogP contribution < -0.4 is 0 Å². The Kier molecular flexibility index (Phi) is 8.45. The molecule has 1 aliphatic rings. The Balaban J connectivity index is 0.00000108. The van der Waals surface area contributed by atoms with E-state index in [1.165, 1.54) is 19.1 Å². The van der Waals surface area contributed by atoms with Crippen LogP contribution in [0, 0.1) is 5.92 Å². The summed E-state index contributed by atoms with van der Waals surface area (Å²) in [5.41, 5.74) is -0.171. The molecule has 0 aromatic rings. The van der Waals surface area contributed by atoms with Gasteiger partial charge in [-0.05, 0) is 12.8 Å². The number of aliphatic hydroxyl groups excluding tert-OH is 1. The lowest BCUT2D eigenvalue weighted by atomic mass is 9.82. The highest BCUT2D eigenvalue weighted by molar-refractivity contribution is 7.61. The molecule has 0 aromatic carbocycles. The van der Waals surface area contributed by atoms with Crippen molar-refractivity contribution in [2.45, 2.75) is 38.8 Å². The number of hydrogen-bond donors (Lipinski definition) is 4. The van der Waals surface area contributed by atoms with Gasteiger partial charge in [-0.2, -0.15) is 0 Å². The molecule has 0 aliphatic heterocycles. The van der Waals surface area contributed by atoms with Crippen LogP contribution >= 0.6 is 7.37 Å². The molecule has 0 heterocycles. The van der Waals surface area contributed by atoms with Crippen molar-refractivity contribution < 1.29 is 34.4 Å². The zero-order valence-corrected chi connectivity index (χ0v) is 14.5. The minimum atomic E-state index is -4.08. The molecule has 8 heteroatoms. The molecule has 4 N–H and O–H groups in total. The monoisotopic (exact) mass is 348 g/mol. The van der Waals surface area contributed by atoms with Crippen molar-refractivity contribution in [3.8, 4) is 0 Å². The van der Waals surface area contributed by atoms with Crippen LogP contribution in [0.1, 0.15) is 33.6 Å². The molecular formula is C15H25O7P. The smallest absolute Gasteiger partial charge is 0.331 e. The molecule has 0 spiro atoms. The topological polar surface area (TPSA) is 132 Å². The highest BCUT2D eigenvalue weighted by Gasteiger charge is 2.57. The van der Waals surface area contributed by atoms with E-state index >= 15 is 0 Å². The maximum absolute atomic E-state index is 12.4. The summed E-state index contributed by atoms with van der Waals surface area (Å²) in [4.78, 5) is 32.8. The van der Waals surface area contributed by atoms with E-state index in [1.54, 1.807) is 6.92 Å². The predicted octanol–water partition coefficient (Wildman–Crippen LogP) is 2.10. The van der Waals surface area contributed by atoms with E-state index in [4.69, 9.17) is 10.2 Å². The first-order chi connectivity index (χ1) is 10.6. The average molecular weight is 348 g/mol. The van der Waals surface area contributed by atoms with Crippen LogP contribution in [0.15, 0.2) is 23.8 Å². The second kappa shape index (κ2) is 9.01. The lowest BCUT2D eigenvalue weighted by Crippen LogP contribution is -2.46. The first kappa shape index (κ1) is 21.6. The summed E-state index contributed by atoms with van der Waals surface area (Å²) in [5, 5.41) is 24.3. The average Bonchev–Trinajstić information content (AvgIpc) is 2.46. The number of allylic oxidation sites excluding steroid dienone is 2.